The largest absolute Gasteiger partial charge is 0.480 e. The standard InChI is InChI=1S/C10H20N2O4/c1-7(10(15)16-2)12-8(9(13)14)5-3-4-6-11/h7-8,12H,3-6,11H2,1-2H3,(H,13,14)/t7?,8-/m0/s1. The van der Waals surface area contributed by atoms with Gasteiger partial charge in [-0.1, -0.05) is 6.42 Å². The fourth-order valence-corrected chi connectivity index (χ4v) is 1.32. The van der Waals surface area contributed by atoms with Crippen LogP contribution in [0.5, 0.6) is 0 Å². The Bertz CT molecular complexity index is 233. The van der Waals surface area contributed by atoms with Gasteiger partial charge >= 0.3 is 11.9 Å². The van der Waals surface area contributed by atoms with Crippen LogP contribution in [0.25, 0.3) is 0 Å². The summed E-state index contributed by atoms with van der Waals surface area (Å²) in [6.45, 7) is 2.11. The van der Waals surface area contributed by atoms with Crippen LogP contribution >= 0.6 is 0 Å². The van der Waals surface area contributed by atoms with E-state index in [9.17, 15) is 9.59 Å². The third-order valence-corrected chi connectivity index (χ3v) is 2.25. The van der Waals surface area contributed by atoms with Crippen molar-refractivity contribution in [3.8, 4) is 0 Å². The number of methoxy groups -OCH3 is 1. The van der Waals surface area contributed by atoms with Gasteiger partial charge in [0.2, 0.25) is 0 Å². The molecule has 4 N–H and O–H groups in total. The molecule has 0 heterocycles. The number of ether oxygens (including phenoxy) is 1. The number of unbranched alkanes of at least 4 members (excludes halogenated alkanes) is 1. The molecule has 0 amide bonds. The van der Waals surface area contributed by atoms with E-state index in [1.165, 1.54) is 7.11 Å². The number of esters is 1. The zero-order valence-electron chi connectivity index (χ0n) is 9.73. The molecule has 2 atom stereocenters. The van der Waals surface area contributed by atoms with Crippen LogP contribution in [-0.2, 0) is 14.3 Å². The maximum absolute atomic E-state index is 11.1. The number of carbonyl (C=O) groups excluding carboxylic acids is 1. The molecule has 0 saturated heterocycles. The first-order valence-electron chi connectivity index (χ1n) is 5.29. The molecular formula is C10H20N2O4. The van der Waals surface area contributed by atoms with Crippen molar-refractivity contribution < 1.29 is 19.4 Å². The number of nitrogens with two attached hydrogens (primary N) is 1. The lowest BCUT2D eigenvalue weighted by molar-refractivity contribution is -0.144. The molecule has 0 aromatic heterocycles. The van der Waals surface area contributed by atoms with Crippen molar-refractivity contribution in [1.29, 1.82) is 0 Å². The zero-order chi connectivity index (χ0) is 12.6. The van der Waals surface area contributed by atoms with E-state index >= 15 is 0 Å². The maximum atomic E-state index is 11.1. The predicted molar refractivity (Wildman–Crippen MR) is 58.9 cm³/mol. The average molecular weight is 232 g/mol. The van der Waals surface area contributed by atoms with E-state index in [1.807, 2.05) is 0 Å². The lowest BCUT2D eigenvalue weighted by atomic mass is 10.1. The summed E-state index contributed by atoms with van der Waals surface area (Å²) in [5, 5.41) is 11.6. The number of nitrogens with one attached hydrogen (secondary N) is 1. The molecule has 1 unspecified atom stereocenters. The van der Waals surface area contributed by atoms with Gasteiger partial charge in [0.15, 0.2) is 0 Å². The van der Waals surface area contributed by atoms with Gasteiger partial charge in [0, 0.05) is 0 Å². The van der Waals surface area contributed by atoms with Crippen molar-refractivity contribution >= 4 is 11.9 Å². The Kier molecular flexibility index (Phi) is 7.49. The first kappa shape index (κ1) is 14.9. The molecule has 0 spiro atoms. The Balaban J connectivity index is 4.12. The first-order chi connectivity index (χ1) is 7.52. The number of rotatable bonds is 8. The van der Waals surface area contributed by atoms with Gasteiger partial charge in [-0.2, -0.15) is 0 Å². The Morgan fingerprint density at radius 3 is 2.50 bits per heavy atom. The summed E-state index contributed by atoms with van der Waals surface area (Å²) in [5.74, 6) is -1.43. The number of hydrogen-bond donors (Lipinski definition) is 3. The molecule has 6 nitrogen and oxygen atoms in total. The fourth-order valence-electron chi connectivity index (χ4n) is 1.32. The summed E-state index contributed by atoms with van der Waals surface area (Å²) in [6, 6.07) is -1.36. The van der Waals surface area contributed by atoms with Crippen LogP contribution in [0.3, 0.4) is 0 Å². The van der Waals surface area contributed by atoms with Crippen LogP contribution in [0.15, 0.2) is 0 Å². The highest BCUT2D eigenvalue weighted by atomic mass is 16.5. The molecule has 94 valence electrons. The quantitative estimate of drug-likeness (QED) is 0.393. The van der Waals surface area contributed by atoms with Gasteiger partial charge in [0.25, 0.3) is 0 Å². The van der Waals surface area contributed by atoms with Crippen molar-refractivity contribution in [2.24, 2.45) is 5.73 Å². The van der Waals surface area contributed by atoms with Crippen molar-refractivity contribution in [2.45, 2.75) is 38.3 Å². The molecule has 0 saturated carbocycles. The van der Waals surface area contributed by atoms with Crippen LogP contribution in [0.2, 0.25) is 0 Å². The third kappa shape index (κ3) is 5.67. The zero-order valence-corrected chi connectivity index (χ0v) is 9.73. The van der Waals surface area contributed by atoms with Gasteiger partial charge in [0.1, 0.15) is 12.1 Å². The molecule has 0 aliphatic rings. The van der Waals surface area contributed by atoms with E-state index in [0.29, 0.717) is 19.4 Å². The van der Waals surface area contributed by atoms with Gasteiger partial charge in [0.05, 0.1) is 7.11 Å². The van der Waals surface area contributed by atoms with Crippen LogP contribution < -0.4 is 11.1 Å². The third-order valence-electron chi connectivity index (χ3n) is 2.25. The minimum absolute atomic E-state index is 0.452. The van der Waals surface area contributed by atoms with E-state index in [-0.39, 0.29) is 0 Å². The Labute approximate surface area is 95.1 Å². The van der Waals surface area contributed by atoms with E-state index in [2.05, 4.69) is 10.1 Å². The molecular weight excluding hydrogens is 212 g/mol. The van der Waals surface area contributed by atoms with Gasteiger partial charge in [-0.05, 0) is 26.3 Å². The Morgan fingerprint density at radius 1 is 1.44 bits per heavy atom. The summed E-state index contributed by atoms with van der Waals surface area (Å²) in [7, 11) is 1.27. The van der Waals surface area contributed by atoms with E-state index in [4.69, 9.17) is 10.8 Å². The summed E-state index contributed by atoms with van der Waals surface area (Å²) in [4.78, 5) is 22.0. The SMILES string of the molecule is COC(=O)C(C)N[C@@H](CCCCN)C(=O)O. The summed E-state index contributed by atoms with van der Waals surface area (Å²) >= 11 is 0. The highest BCUT2D eigenvalue weighted by Gasteiger charge is 2.22. The topological polar surface area (TPSA) is 102 Å². The minimum Gasteiger partial charge on any atom is -0.480 e. The van der Waals surface area contributed by atoms with Gasteiger partial charge in [-0.25, -0.2) is 0 Å². The number of aliphatic carboxylic acids is 1. The van der Waals surface area contributed by atoms with Crippen molar-refractivity contribution in [1.82, 2.24) is 5.32 Å². The number of carboxylic acids is 1. The molecule has 16 heavy (non-hydrogen) atoms. The number of carboxylic acid groups (broad SMARTS) is 1. The molecule has 0 fully saturated rings. The molecule has 0 rings (SSSR count). The summed E-state index contributed by atoms with van der Waals surface area (Å²) < 4.78 is 4.50. The van der Waals surface area contributed by atoms with Gasteiger partial charge < -0.3 is 15.6 Å². The second-order valence-corrected chi connectivity index (χ2v) is 3.59. The molecule has 0 radical (unpaired) electrons. The van der Waals surface area contributed by atoms with Crippen LogP contribution in [0, 0.1) is 0 Å². The fraction of sp³-hybridized carbons (Fsp3) is 0.800. The minimum atomic E-state index is -0.965. The highest BCUT2D eigenvalue weighted by molar-refractivity contribution is 5.78. The normalized spacial score (nSPS) is 14.2. The molecule has 0 bridgehead atoms. The predicted octanol–water partition coefficient (Wildman–Crippen LogP) is -0.280. The molecule has 0 aliphatic carbocycles. The smallest absolute Gasteiger partial charge is 0.322 e. The van der Waals surface area contributed by atoms with Crippen molar-refractivity contribution in [2.75, 3.05) is 13.7 Å². The lowest BCUT2D eigenvalue weighted by Gasteiger charge is -2.18. The maximum Gasteiger partial charge on any atom is 0.322 e. The lowest BCUT2D eigenvalue weighted by Crippen LogP contribution is -2.46. The number of hydrogen-bond acceptors (Lipinski definition) is 5. The van der Waals surface area contributed by atoms with Crippen LogP contribution in [0.1, 0.15) is 26.2 Å². The molecule has 0 aromatic rings. The van der Waals surface area contributed by atoms with Gasteiger partial charge in [-0.3, -0.25) is 14.9 Å². The molecule has 0 aliphatic heterocycles. The summed E-state index contributed by atoms with van der Waals surface area (Å²) in [6.07, 6.45) is 1.94. The summed E-state index contributed by atoms with van der Waals surface area (Å²) in [5.41, 5.74) is 5.32. The van der Waals surface area contributed by atoms with Crippen molar-refractivity contribution in [3.05, 3.63) is 0 Å². The molecule has 0 aromatic carbocycles. The van der Waals surface area contributed by atoms with Crippen LogP contribution in [0.4, 0.5) is 0 Å². The first-order valence-corrected chi connectivity index (χ1v) is 5.29. The Hall–Kier alpha value is -1.14. The average Bonchev–Trinajstić information content (AvgIpc) is 2.26. The van der Waals surface area contributed by atoms with Crippen molar-refractivity contribution in [3.63, 3.8) is 0 Å². The second kappa shape index (κ2) is 8.06. The van der Waals surface area contributed by atoms with Crippen LogP contribution in [-0.4, -0.2) is 42.8 Å². The number of carbonyl (C=O) groups is 2. The van der Waals surface area contributed by atoms with E-state index in [1.54, 1.807) is 6.92 Å². The monoisotopic (exact) mass is 232 g/mol. The second-order valence-electron chi connectivity index (χ2n) is 3.59. The highest BCUT2D eigenvalue weighted by Crippen LogP contribution is 2.02. The molecule has 6 heteroatoms. The van der Waals surface area contributed by atoms with E-state index < -0.39 is 24.0 Å². The van der Waals surface area contributed by atoms with Gasteiger partial charge in [-0.15, -0.1) is 0 Å². The van der Waals surface area contributed by atoms with E-state index in [0.717, 1.165) is 6.42 Å². The Morgan fingerprint density at radius 2 is 2.06 bits per heavy atom.